The van der Waals surface area contributed by atoms with Gasteiger partial charge in [0, 0.05) is 50.8 Å². The van der Waals surface area contributed by atoms with Gasteiger partial charge in [0.2, 0.25) is 5.91 Å². The number of aromatic amines is 1. The molecule has 8 heteroatoms. The van der Waals surface area contributed by atoms with Gasteiger partial charge in [0.25, 0.3) is 5.91 Å². The van der Waals surface area contributed by atoms with Crippen LogP contribution in [0.5, 0.6) is 0 Å². The Morgan fingerprint density at radius 3 is 2.61 bits per heavy atom. The minimum Gasteiger partial charge on any atom is -0.381 e. The third-order valence-corrected chi connectivity index (χ3v) is 6.87. The van der Waals surface area contributed by atoms with E-state index in [1.807, 2.05) is 53.4 Å². The van der Waals surface area contributed by atoms with E-state index in [4.69, 9.17) is 9.47 Å². The monoisotopic (exact) mass is 488 g/mol. The van der Waals surface area contributed by atoms with Crippen LogP contribution in [0.2, 0.25) is 0 Å². The van der Waals surface area contributed by atoms with E-state index >= 15 is 0 Å². The third kappa shape index (κ3) is 5.83. The van der Waals surface area contributed by atoms with Crippen LogP contribution in [0.15, 0.2) is 67.0 Å². The average Bonchev–Trinajstić information content (AvgIpc) is 3.41. The molecule has 0 spiro atoms. The summed E-state index contributed by atoms with van der Waals surface area (Å²) in [4.78, 5) is 38.1. The molecule has 2 saturated heterocycles. The number of hydrogen-bond acceptors (Lipinski definition) is 5. The molecule has 2 amide bonds. The zero-order chi connectivity index (χ0) is 24.7. The zero-order valence-electron chi connectivity index (χ0n) is 20.3. The van der Waals surface area contributed by atoms with Crippen LogP contribution in [0.3, 0.4) is 0 Å². The quantitative estimate of drug-likeness (QED) is 0.551. The van der Waals surface area contributed by atoms with Gasteiger partial charge >= 0.3 is 0 Å². The lowest BCUT2D eigenvalue weighted by molar-refractivity contribution is -0.132. The largest absolute Gasteiger partial charge is 0.381 e. The molecule has 2 aliphatic rings. The number of carbonyl (C=O) groups is 2. The van der Waals surface area contributed by atoms with Gasteiger partial charge in [0.05, 0.1) is 18.3 Å². The van der Waals surface area contributed by atoms with Crippen molar-refractivity contribution in [3.05, 3.63) is 78.1 Å². The summed E-state index contributed by atoms with van der Waals surface area (Å²) in [5.74, 6) is 0.783. The molecule has 3 aromatic rings. The summed E-state index contributed by atoms with van der Waals surface area (Å²) in [6.07, 6.45) is 4.98. The van der Waals surface area contributed by atoms with Crippen molar-refractivity contribution in [2.45, 2.75) is 25.6 Å². The van der Waals surface area contributed by atoms with Crippen LogP contribution in [0, 0.1) is 5.92 Å². The predicted octanol–water partition coefficient (Wildman–Crippen LogP) is 3.37. The Morgan fingerprint density at radius 2 is 1.83 bits per heavy atom. The predicted molar refractivity (Wildman–Crippen MR) is 135 cm³/mol. The van der Waals surface area contributed by atoms with Gasteiger partial charge in [-0.3, -0.25) is 9.59 Å². The highest BCUT2D eigenvalue weighted by molar-refractivity contribution is 6.01. The third-order valence-electron chi connectivity index (χ3n) is 6.87. The van der Waals surface area contributed by atoms with E-state index in [0.717, 1.165) is 31.6 Å². The van der Waals surface area contributed by atoms with Gasteiger partial charge in [-0.1, -0.05) is 48.5 Å². The Bertz CT molecular complexity index is 1150. The molecule has 3 heterocycles. The van der Waals surface area contributed by atoms with E-state index in [0.29, 0.717) is 49.1 Å². The van der Waals surface area contributed by atoms with Crippen molar-refractivity contribution in [2.75, 3.05) is 39.4 Å². The number of benzene rings is 2. The van der Waals surface area contributed by atoms with Crippen LogP contribution in [0.4, 0.5) is 0 Å². The van der Waals surface area contributed by atoms with Crippen LogP contribution in [0.25, 0.3) is 11.4 Å². The highest BCUT2D eigenvalue weighted by Crippen LogP contribution is 2.24. The standard InChI is InChI=1S/C28H32N4O4/c33-26-19-32(28(34)25-9-5-4-8-24(25)27-29-12-13-30-27)18-23(36-20-22-6-2-1-3-7-22)17-31(26)16-21-10-14-35-15-11-21/h1-9,12-13,21,23H,10-11,14-20H2,(H,29,30)/t23-/m0/s1. The second kappa shape index (κ2) is 11.5. The molecule has 36 heavy (non-hydrogen) atoms. The number of carbonyl (C=O) groups excluding carboxylic acids is 2. The molecule has 2 aromatic carbocycles. The summed E-state index contributed by atoms with van der Waals surface area (Å²) < 4.78 is 11.8. The number of ether oxygens (including phenoxy) is 2. The Balaban J connectivity index is 1.37. The second-order valence-electron chi connectivity index (χ2n) is 9.44. The fourth-order valence-corrected chi connectivity index (χ4v) is 4.90. The number of imidazole rings is 1. The Labute approximate surface area is 211 Å². The Hall–Kier alpha value is -3.49. The Kier molecular flexibility index (Phi) is 7.73. The van der Waals surface area contributed by atoms with E-state index in [1.165, 1.54) is 0 Å². The molecule has 0 bridgehead atoms. The first-order chi connectivity index (χ1) is 17.7. The number of amides is 2. The van der Waals surface area contributed by atoms with Gasteiger partial charge in [-0.2, -0.15) is 0 Å². The lowest BCUT2D eigenvalue weighted by Gasteiger charge is -2.30. The van der Waals surface area contributed by atoms with E-state index < -0.39 is 0 Å². The van der Waals surface area contributed by atoms with Crippen LogP contribution in [-0.2, 0) is 20.9 Å². The molecule has 8 nitrogen and oxygen atoms in total. The van der Waals surface area contributed by atoms with Crippen molar-refractivity contribution >= 4 is 11.8 Å². The maximum Gasteiger partial charge on any atom is 0.255 e. The summed E-state index contributed by atoms with van der Waals surface area (Å²) in [5.41, 5.74) is 2.29. The number of nitrogens with one attached hydrogen (secondary N) is 1. The highest BCUT2D eigenvalue weighted by Gasteiger charge is 2.33. The van der Waals surface area contributed by atoms with Gasteiger partial charge in [0.1, 0.15) is 12.4 Å². The SMILES string of the molecule is O=C1CN(C(=O)c2ccccc2-c2ncc[nH]2)C[C@@H](OCc2ccccc2)CN1CC1CCOCC1. The molecule has 0 unspecified atom stereocenters. The summed E-state index contributed by atoms with van der Waals surface area (Å²) in [5, 5.41) is 0. The number of hydrogen-bond donors (Lipinski definition) is 1. The molecule has 0 aliphatic carbocycles. The van der Waals surface area contributed by atoms with Gasteiger partial charge < -0.3 is 24.3 Å². The van der Waals surface area contributed by atoms with Crippen molar-refractivity contribution in [1.29, 1.82) is 0 Å². The fraction of sp³-hybridized carbons (Fsp3) is 0.393. The van der Waals surface area contributed by atoms with Crippen molar-refractivity contribution in [3.63, 3.8) is 0 Å². The van der Waals surface area contributed by atoms with Crippen LogP contribution >= 0.6 is 0 Å². The van der Waals surface area contributed by atoms with Crippen molar-refractivity contribution in [3.8, 4) is 11.4 Å². The molecule has 188 valence electrons. The summed E-state index contributed by atoms with van der Waals surface area (Å²) in [6, 6.07) is 17.3. The average molecular weight is 489 g/mol. The molecule has 5 rings (SSSR count). The molecule has 1 atom stereocenters. The minimum absolute atomic E-state index is 0.0275. The molecular weight excluding hydrogens is 456 g/mol. The molecule has 1 aromatic heterocycles. The first-order valence-electron chi connectivity index (χ1n) is 12.6. The first-order valence-corrected chi connectivity index (χ1v) is 12.6. The lowest BCUT2D eigenvalue weighted by Crippen LogP contribution is -2.42. The van der Waals surface area contributed by atoms with E-state index in [9.17, 15) is 9.59 Å². The topological polar surface area (TPSA) is 87.8 Å². The molecule has 2 aliphatic heterocycles. The maximum atomic E-state index is 13.8. The number of aromatic nitrogens is 2. The highest BCUT2D eigenvalue weighted by atomic mass is 16.5. The Morgan fingerprint density at radius 1 is 1.06 bits per heavy atom. The smallest absolute Gasteiger partial charge is 0.255 e. The number of H-pyrrole nitrogens is 1. The van der Waals surface area contributed by atoms with Crippen molar-refractivity contribution < 1.29 is 19.1 Å². The van der Waals surface area contributed by atoms with Crippen LogP contribution < -0.4 is 0 Å². The number of nitrogens with zero attached hydrogens (tertiary/aromatic N) is 3. The minimum atomic E-state index is -0.295. The van der Waals surface area contributed by atoms with E-state index in [2.05, 4.69) is 9.97 Å². The summed E-state index contributed by atoms with van der Waals surface area (Å²) in [6.45, 7) is 3.39. The lowest BCUT2D eigenvalue weighted by atomic mass is 9.99. The van der Waals surface area contributed by atoms with Crippen molar-refractivity contribution in [2.24, 2.45) is 5.92 Å². The maximum absolute atomic E-state index is 13.8. The van der Waals surface area contributed by atoms with Gasteiger partial charge in [0.15, 0.2) is 0 Å². The van der Waals surface area contributed by atoms with Crippen molar-refractivity contribution in [1.82, 2.24) is 19.8 Å². The molecule has 0 saturated carbocycles. The van der Waals surface area contributed by atoms with Gasteiger partial charge in [-0.15, -0.1) is 0 Å². The summed E-state index contributed by atoms with van der Waals surface area (Å²) in [7, 11) is 0. The van der Waals surface area contributed by atoms with Gasteiger partial charge in [-0.25, -0.2) is 4.98 Å². The summed E-state index contributed by atoms with van der Waals surface area (Å²) >= 11 is 0. The normalized spacial score (nSPS) is 19.3. The van der Waals surface area contributed by atoms with E-state index in [1.54, 1.807) is 23.4 Å². The van der Waals surface area contributed by atoms with Crippen LogP contribution in [-0.4, -0.2) is 77.1 Å². The molecule has 2 fully saturated rings. The first kappa shape index (κ1) is 24.2. The second-order valence-corrected chi connectivity index (χ2v) is 9.44. The number of rotatable bonds is 7. The molecular formula is C28H32N4O4. The van der Waals surface area contributed by atoms with Crippen LogP contribution in [0.1, 0.15) is 28.8 Å². The molecule has 0 radical (unpaired) electrons. The molecule has 1 N–H and O–H groups in total. The zero-order valence-corrected chi connectivity index (χ0v) is 20.3. The van der Waals surface area contributed by atoms with Gasteiger partial charge in [-0.05, 0) is 30.4 Å². The van der Waals surface area contributed by atoms with E-state index in [-0.39, 0.29) is 24.5 Å². The fourth-order valence-electron chi connectivity index (χ4n) is 4.90.